The van der Waals surface area contributed by atoms with Crippen LogP contribution in [0.1, 0.15) is 81.6 Å². The van der Waals surface area contributed by atoms with Gasteiger partial charge in [0.1, 0.15) is 11.9 Å². The minimum absolute atomic E-state index is 0.182. The van der Waals surface area contributed by atoms with Crippen LogP contribution in [0.15, 0.2) is 23.0 Å². The van der Waals surface area contributed by atoms with Crippen molar-refractivity contribution in [1.82, 2.24) is 30.0 Å². The molecular formula is C34H48N6O3. The third-order valence-electron chi connectivity index (χ3n) is 11.3. The normalized spacial score (nSPS) is 31.2. The number of hydrogen-bond acceptors (Lipinski definition) is 7. The third kappa shape index (κ3) is 6.05. The maximum Gasteiger partial charge on any atom is 0.262 e. The van der Waals surface area contributed by atoms with Crippen molar-refractivity contribution in [2.24, 2.45) is 17.8 Å². The smallest absolute Gasteiger partial charge is 0.262 e. The summed E-state index contributed by atoms with van der Waals surface area (Å²) in [7, 11) is 0. The molecule has 43 heavy (non-hydrogen) atoms. The van der Waals surface area contributed by atoms with E-state index in [9.17, 15) is 14.4 Å². The molecule has 2 amide bonds. The summed E-state index contributed by atoms with van der Waals surface area (Å²) in [4.78, 5) is 47.8. The zero-order valence-electron chi connectivity index (χ0n) is 25.8. The standard InChI is InChI=1S/C34H48N6O3/c1-23-36-28-7-2-5-27(31(28)33(43)40(23)29-8-9-30(41)37-32(29)42)6-3-11-38-13-15-39(16-14-38)12-4-10-35-34-20-24-17-25(21-34)19-26(18-24)22-34/h2,5,7,24-26,29,35H,3-4,6,8-22H2,1H3,(H,37,41,42). The van der Waals surface area contributed by atoms with E-state index in [-0.39, 0.29) is 17.9 Å². The second-order valence-electron chi connectivity index (χ2n) is 14.4. The quantitative estimate of drug-likeness (QED) is 0.325. The lowest BCUT2D eigenvalue weighted by Gasteiger charge is -2.57. The molecule has 1 aromatic carbocycles. The van der Waals surface area contributed by atoms with Gasteiger partial charge in [0.2, 0.25) is 11.8 Å². The minimum Gasteiger partial charge on any atom is -0.311 e. The van der Waals surface area contributed by atoms with Crippen LogP contribution in [0.25, 0.3) is 10.9 Å². The van der Waals surface area contributed by atoms with Gasteiger partial charge in [0.25, 0.3) is 5.56 Å². The molecule has 6 fully saturated rings. The highest BCUT2D eigenvalue weighted by molar-refractivity contribution is 5.99. The Hall–Kier alpha value is -2.62. The molecule has 2 saturated heterocycles. The molecule has 6 aliphatic rings. The van der Waals surface area contributed by atoms with E-state index in [0.717, 1.165) is 75.4 Å². The van der Waals surface area contributed by atoms with Crippen molar-refractivity contribution in [2.45, 2.75) is 89.1 Å². The highest BCUT2D eigenvalue weighted by Crippen LogP contribution is 2.55. The van der Waals surface area contributed by atoms with E-state index in [1.54, 1.807) is 6.92 Å². The van der Waals surface area contributed by atoms with Gasteiger partial charge in [-0.1, -0.05) is 12.1 Å². The number of aromatic nitrogens is 2. The maximum atomic E-state index is 13.7. The van der Waals surface area contributed by atoms with Gasteiger partial charge in [-0.25, -0.2) is 4.98 Å². The van der Waals surface area contributed by atoms with E-state index in [2.05, 4.69) is 25.4 Å². The van der Waals surface area contributed by atoms with E-state index < -0.39 is 11.9 Å². The van der Waals surface area contributed by atoms with Crippen LogP contribution in [0.3, 0.4) is 0 Å². The summed E-state index contributed by atoms with van der Waals surface area (Å²) in [6, 6.07) is 5.17. The highest BCUT2D eigenvalue weighted by atomic mass is 16.2. The lowest BCUT2D eigenvalue weighted by molar-refractivity contribution is -0.135. The first-order valence-corrected chi connectivity index (χ1v) is 16.9. The molecule has 0 radical (unpaired) electrons. The van der Waals surface area contributed by atoms with E-state index >= 15 is 0 Å². The number of nitrogens with one attached hydrogen (secondary N) is 2. The second-order valence-corrected chi connectivity index (χ2v) is 14.4. The number of piperidine rings is 1. The fourth-order valence-corrected chi connectivity index (χ4v) is 9.64. The molecule has 4 saturated carbocycles. The Balaban J connectivity index is 0.882. The Morgan fingerprint density at radius 3 is 2.23 bits per heavy atom. The van der Waals surface area contributed by atoms with Crippen LogP contribution in [-0.2, 0) is 16.0 Å². The van der Waals surface area contributed by atoms with E-state index in [0.29, 0.717) is 28.7 Å². The molecule has 0 spiro atoms. The Morgan fingerprint density at radius 2 is 1.58 bits per heavy atom. The SMILES string of the molecule is Cc1nc2cccc(CCCN3CCN(CCCNC45CC6CC(CC(C6)C4)C5)CC3)c2c(=O)n1C1CCC(=O)NC1=O. The van der Waals surface area contributed by atoms with Crippen molar-refractivity contribution in [2.75, 3.05) is 45.8 Å². The molecule has 9 heteroatoms. The molecule has 2 N–H and O–H groups in total. The van der Waals surface area contributed by atoms with Gasteiger partial charge in [0.05, 0.1) is 10.9 Å². The average molecular weight is 589 g/mol. The Morgan fingerprint density at radius 1 is 0.930 bits per heavy atom. The number of amides is 2. The summed E-state index contributed by atoms with van der Waals surface area (Å²) in [6.07, 6.45) is 12.4. The van der Waals surface area contributed by atoms with Crippen molar-refractivity contribution in [3.8, 4) is 0 Å². The number of hydrogen-bond donors (Lipinski definition) is 2. The zero-order valence-corrected chi connectivity index (χ0v) is 25.8. The lowest BCUT2D eigenvalue weighted by Crippen LogP contribution is -2.58. The molecule has 8 rings (SSSR count). The minimum atomic E-state index is -0.695. The number of aryl methyl sites for hydroxylation is 2. The van der Waals surface area contributed by atoms with Gasteiger partial charge in [-0.05, 0) is 120 Å². The lowest BCUT2D eigenvalue weighted by atomic mass is 9.53. The van der Waals surface area contributed by atoms with E-state index in [1.165, 1.54) is 56.1 Å². The van der Waals surface area contributed by atoms with Crippen molar-refractivity contribution < 1.29 is 9.59 Å². The average Bonchev–Trinajstić information content (AvgIpc) is 2.96. The fourth-order valence-electron chi connectivity index (χ4n) is 9.64. The number of fused-ring (bicyclic) bond motifs is 1. The predicted octanol–water partition coefficient (Wildman–Crippen LogP) is 3.18. The summed E-state index contributed by atoms with van der Waals surface area (Å²) in [5, 5.41) is 7.05. The number of imide groups is 1. The number of benzene rings is 1. The summed E-state index contributed by atoms with van der Waals surface area (Å²) in [6.45, 7) is 9.58. The monoisotopic (exact) mass is 588 g/mol. The van der Waals surface area contributed by atoms with Crippen LogP contribution >= 0.6 is 0 Å². The number of carbonyl (C=O) groups excluding carboxylic acids is 2. The number of rotatable bonds is 10. The first kappa shape index (κ1) is 29.1. The molecule has 9 nitrogen and oxygen atoms in total. The summed E-state index contributed by atoms with van der Waals surface area (Å²) >= 11 is 0. The molecule has 3 heterocycles. The van der Waals surface area contributed by atoms with Crippen LogP contribution < -0.4 is 16.2 Å². The van der Waals surface area contributed by atoms with E-state index in [4.69, 9.17) is 0 Å². The third-order valence-corrected chi connectivity index (χ3v) is 11.3. The summed E-state index contributed by atoms with van der Waals surface area (Å²) < 4.78 is 1.49. The second kappa shape index (κ2) is 12.1. The molecule has 1 unspecified atom stereocenters. The van der Waals surface area contributed by atoms with Crippen molar-refractivity contribution >= 4 is 22.7 Å². The topological polar surface area (TPSA) is 99.6 Å². The van der Waals surface area contributed by atoms with Gasteiger partial charge in [0, 0.05) is 38.1 Å². The van der Waals surface area contributed by atoms with Gasteiger partial charge in [-0.3, -0.25) is 24.3 Å². The molecule has 1 aromatic heterocycles. The molecule has 2 aliphatic heterocycles. The Labute approximate surface area is 254 Å². The number of carbonyl (C=O) groups is 2. The van der Waals surface area contributed by atoms with Crippen molar-refractivity contribution in [3.05, 3.63) is 39.9 Å². The van der Waals surface area contributed by atoms with Crippen molar-refractivity contribution in [1.29, 1.82) is 0 Å². The largest absolute Gasteiger partial charge is 0.311 e. The maximum absolute atomic E-state index is 13.7. The van der Waals surface area contributed by atoms with Crippen LogP contribution in [-0.4, -0.2) is 82.5 Å². The molecule has 232 valence electrons. The van der Waals surface area contributed by atoms with E-state index in [1.807, 2.05) is 18.2 Å². The van der Waals surface area contributed by atoms with Gasteiger partial charge in [-0.15, -0.1) is 0 Å². The summed E-state index contributed by atoms with van der Waals surface area (Å²) in [5.41, 5.74) is 1.96. The molecule has 4 bridgehead atoms. The van der Waals surface area contributed by atoms with Crippen LogP contribution in [0, 0.1) is 24.7 Å². The predicted molar refractivity (Wildman–Crippen MR) is 167 cm³/mol. The fraction of sp³-hybridized carbons (Fsp3) is 0.706. The summed E-state index contributed by atoms with van der Waals surface area (Å²) in [5.74, 6) is 2.81. The first-order valence-electron chi connectivity index (χ1n) is 16.9. The molecule has 4 aliphatic carbocycles. The zero-order chi connectivity index (χ0) is 29.6. The molecular weight excluding hydrogens is 540 g/mol. The van der Waals surface area contributed by atoms with Gasteiger partial charge in [-0.2, -0.15) is 0 Å². The molecule has 2 aromatic rings. The number of nitrogens with zero attached hydrogens (tertiary/aromatic N) is 4. The van der Waals surface area contributed by atoms with Crippen molar-refractivity contribution in [3.63, 3.8) is 0 Å². The van der Waals surface area contributed by atoms with Gasteiger partial charge < -0.3 is 15.1 Å². The Bertz CT molecular complexity index is 1390. The van der Waals surface area contributed by atoms with Crippen LogP contribution in [0.2, 0.25) is 0 Å². The number of piperazine rings is 1. The molecule has 1 atom stereocenters. The van der Waals surface area contributed by atoms with Crippen LogP contribution in [0.5, 0.6) is 0 Å². The first-order chi connectivity index (χ1) is 20.9. The Kier molecular flexibility index (Phi) is 8.16. The van der Waals surface area contributed by atoms with Gasteiger partial charge in [0.15, 0.2) is 0 Å². The van der Waals surface area contributed by atoms with Crippen LogP contribution in [0.4, 0.5) is 0 Å². The van der Waals surface area contributed by atoms with Gasteiger partial charge >= 0.3 is 0 Å². The highest BCUT2D eigenvalue weighted by Gasteiger charge is 2.50.